The predicted octanol–water partition coefficient (Wildman–Crippen LogP) is 4.26. The van der Waals surface area contributed by atoms with Crippen LogP contribution in [0.25, 0.3) is 0 Å². The molecule has 1 saturated heterocycles. The Hall–Kier alpha value is -3.62. The number of nitrogens with zero attached hydrogens (tertiary/aromatic N) is 2. The highest BCUT2D eigenvalue weighted by Crippen LogP contribution is 2.41. The molecule has 2 heterocycles. The predicted molar refractivity (Wildman–Crippen MR) is 133 cm³/mol. The van der Waals surface area contributed by atoms with Crippen LogP contribution in [0.3, 0.4) is 0 Å². The second kappa shape index (κ2) is 11.7. The van der Waals surface area contributed by atoms with E-state index in [1.807, 2.05) is 54.6 Å². The molecule has 0 aliphatic carbocycles. The van der Waals surface area contributed by atoms with Gasteiger partial charge in [-0.25, -0.2) is 14.6 Å². The number of morpholine rings is 1. The van der Waals surface area contributed by atoms with E-state index in [1.54, 1.807) is 22.9 Å². The SMILES string of the molecule is O=C(O)/C=C(/C(=O)O)N1CCO[C@H]([C@@H](Sc2ncccc2Cc2ccccc2)c2ccccc2)C1. The van der Waals surface area contributed by atoms with E-state index in [2.05, 4.69) is 23.2 Å². The van der Waals surface area contributed by atoms with Crippen LogP contribution in [0, 0.1) is 0 Å². The highest BCUT2D eigenvalue weighted by atomic mass is 32.2. The van der Waals surface area contributed by atoms with Gasteiger partial charge in [-0.1, -0.05) is 78.5 Å². The van der Waals surface area contributed by atoms with E-state index in [1.165, 1.54) is 5.56 Å². The molecule has 1 aliphatic heterocycles. The summed E-state index contributed by atoms with van der Waals surface area (Å²) in [5, 5.41) is 19.5. The molecule has 0 unspecified atom stereocenters. The van der Waals surface area contributed by atoms with Crippen molar-refractivity contribution in [2.24, 2.45) is 0 Å². The number of carboxylic acids is 2. The Kier molecular flexibility index (Phi) is 8.18. The first-order valence-corrected chi connectivity index (χ1v) is 12.1. The number of hydrogen-bond donors (Lipinski definition) is 2. The number of pyridine rings is 1. The van der Waals surface area contributed by atoms with Crippen LogP contribution in [0.2, 0.25) is 0 Å². The van der Waals surface area contributed by atoms with Gasteiger partial charge in [0.05, 0.1) is 24.0 Å². The second-order valence-corrected chi connectivity index (χ2v) is 9.24. The molecule has 1 aromatic heterocycles. The number of hydrogen-bond acceptors (Lipinski definition) is 6. The van der Waals surface area contributed by atoms with Gasteiger partial charge in [0.1, 0.15) is 10.7 Å². The van der Waals surface area contributed by atoms with Crippen LogP contribution in [0.5, 0.6) is 0 Å². The molecule has 0 radical (unpaired) electrons. The molecule has 2 atom stereocenters. The summed E-state index contributed by atoms with van der Waals surface area (Å²) < 4.78 is 6.13. The fraction of sp³-hybridized carbons (Fsp3) is 0.222. The minimum Gasteiger partial charge on any atom is -0.478 e. The summed E-state index contributed by atoms with van der Waals surface area (Å²) in [7, 11) is 0. The summed E-state index contributed by atoms with van der Waals surface area (Å²) in [5.41, 5.74) is 3.06. The number of thioether (sulfide) groups is 1. The lowest BCUT2D eigenvalue weighted by molar-refractivity contribution is -0.137. The summed E-state index contributed by atoms with van der Waals surface area (Å²) in [4.78, 5) is 29.2. The van der Waals surface area contributed by atoms with Crippen molar-refractivity contribution in [1.82, 2.24) is 9.88 Å². The van der Waals surface area contributed by atoms with E-state index in [0.29, 0.717) is 6.54 Å². The summed E-state index contributed by atoms with van der Waals surface area (Å²) in [6.45, 7) is 0.841. The Morgan fingerprint density at radius 3 is 2.46 bits per heavy atom. The fourth-order valence-corrected chi connectivity index (χ4v) is 5.35. The number of benzene rings is 2. The Morgan fingerprint density at radius 1 is 1.06 bits per heavy atom. The van der Waals surface area contributed by atoms with Crippen molar-refractivity contribution in [3.8, 4) is 0 Å². The second-order valence-electron chi connectivity index (χ2n) is 8.11. The zero-order valence-electron chi connectivity index (χ0n) is 19.0. The lowest BCUT2D eigenvalue weighted by atomic mass is 10.1. The number of rotatable bonds is 9. The standard InChI is InChI=1S/C27H26N2O5S/c30-24(31)17-22(27(32)33)29-14-15-34-23(18-29)25(20-10-5-2-6-11-20)35-26-21(12-7-13-28-26)16-19-8-3-1-4-9-19/h1-13,17,23,25H,14-16,18H2,(H,30,31)(H,32,33)/b22-17-/t23-,25-/m0/s1. The quantitative estimate of drug-likeness (QED) is 0.339. The van der Waals surface area contributed by atoms with Crippen molar-refractivity contribution >= 4 is 23.7 Å². The molecule has 0 bridgehead atoms. The minimum absolute atomic E-state index is 0.178. The smallest absolute Gasteiger partial charge is 0.352 e. The molecule has 1 aliphatic rings. The highest BCUT2D eigenvalue weighted by molar-refractivity contribution is 7.99. The van der Waals surface area contributed by atoms with Gasteiger partial charge in [-0.15, -0.1) is 0 Å². The molecule has 7 nitrogen and oxygen atoms in total. The number of aromatic nitrogens is 1. The van der Waals surface area contributed by atoms with Crippen molar-refractivity contribution in [2.75, 3.05) is 19.7 Å². The average molecular weight is 491 g/mol. The van der Waals surface area contributed by atoms with Gasteiger partial charge in [0, 0.05) is 25.7 Å². The van der Waals surface area contributed by atoms with E-state index in [4.69, 9.17) is 9.84 Å². The molecule has 8 heteroatoms. The Morgan fingerprint density at radius 2 is 1.77 bits per heavy atom. The molecule has 35 heavy (non-hydrogen) atoms. The van der Waals surface area contributed by atoms with Gasteiger partial charge in [0.15, 0.2) is 0 Å². The maximum atomic E-state index is 11.8. The van der Waals surface area contributed by atoms with Gasteiger partial charge in [0.2, 0.25) is 0 Å². The number of carboxylic acid groups (broad SMARTS) is 2. The zero-order chi connectivity index (χ0) is 24.6. The van der Waals surface area contributed by atoms with Gasteiger partial charge in [0.25, 0.3) is 0 Å². The van der Waals surface area contributed by atoms with E-state index < -0.39 is 11.9 Å². The van der Waals surface area contributed by atoms with Crippen LogP contribution < -0.4 is 0 Å². The Balaban J connectivity index is 1.63. The summed E-state index contributed by atoms with van der Waals surface area (Å²) in [5.74, 6) is -2.56. The zero-order valence-corrected chi connectivity index (χ0v) is 19.8. The minimum atomic E-state index is -1.29. The lowest BCUT2D eigenvalue weighted by Crippen LogP contribution is -2.45. The normalized spacial score (nSPS) is 17.1. The van der Waals surface area contributed by atoms with Crippen LogP contribution in [-0.4, -0.2) is 57.8 Å². The molecular weight excluding hydrogens is 464 g/mol. The van der Waals surface area contributed by atoms with Crippen LogP contribution in [0.15, 0.2) is 95.8 Å². The van der Waals surface area contributed by atoms with Crippen molar-refractivity contribution in [3.63, 3.8) is 0 Å². The van der Waals surface area contributed by atoms with Crippen molar-refractivity contribution in [2.45, 2.75) is 22.8 Å². The molecule has 180 valence electrons. The van der Waals surface area contributed by atoms with Gasteiger partial charge in [-0.05, 0) is 22.8 Å². The molecule has 0 saturated carbocycles. The van der Waals surface area contributed by atoms with E-state index in [0.717, 1.165) is 28.6 Å². The maximum Gasteiger partial charge on any atom is 0.352 e. The third kappa shape index (κ3) is 6.49. The third-order valence-corrected chi connectivity index (χ3v) is 7.13. The summed E-state index contributed by atoms with van der Waals surface area (Å²) >= 11 is 1.58. The number of ether oxygens (including phenoxy) is 1. The lowest BCUT2D eigenvalue weighted by Gasteiger charge is -2.38. The Bertz CT molecular complexity index is 1190. The first-order valence-electron chi connectivity index (χ1n) is 11.2. The van der Waals surface area contributed by atoms with Crippen LogP contribution in [-0.2, 0) is 20.7 Å². The van der Waals surface area contributed by atoms with Crippen molar-refractivity contribution < 1.29 is 24.5 Å². The maximum absolute atomic E-state index is 11.8. The number of carbonyl (C=O) groups is 2. The highest BCUT2D eigenvalue weighted by Gasteiger charge is 2.33. The molecule has 2 N–H and O–H groups in total. The average Bonchev–Trinajstić information content (AvgIpc) is 2.87. The fourth-order valence-electron chi connectivity index (χ4n) is 4.08. The molecule has 0 spiro atoms. The molecular formula is C27H26N2O5S. The first kappa shape index (κ1) is 24.5. The topological polar surface area (TPSA) is 100.0 Å². The molecule has 0 amide bonds. The number of aliphatic carboxylic acids is 2. The van der Waals surface area contributed by atoms with E-state index in [-0.39, 0.29) is 30.2 Å². The Labute approximate surface area is 208 Å². The van der Waals surface area contributed by atoms with Gasteiger partial charge in [-0.2, -0.15) is 0 Å². The molecule has 2 aromatic carbocycles. The van der Waals surface area contributed by atoms with Crippen LogP contribution in [0.4, 0.5) is 0 Å². The van der Waals surface area contributed by atoms with E-state index >= 15 is 0 Å². The van der Waals surface area contributed by atoms with Crippen molar-refractivity contribution in [1.29, 1.82) is 0 Å². The van der Waals surface area contributed by atoms with Gasteiger partial charge >= 0.3 is 11.9 Å². The van der Waals surface area contributed by atoms with Crippen LogP contribution in [0.1, 0.15) is 21.9 Å². The first-order chi connectivity index (χ1) is 17.0. The third-order valence-electron chi connectivity index (χ3n) is 5.71. The van der Waals surface area contributed by atoms with Gasteiger partial charge in [-0.3, -0.25) is 0 Å². The largest absolute Gasteiger partial charge is 0.478 e. The molecule has 4 rings (SSSR count). The van der Waals surface area contributed by atoms with E-state index in [9.17, 15) is 14.7 Å². The molecule has 3 aromatic rings. The van der Waals surface area contributed by atoms with Crippen LogP contribution >= 0.6 is 11.8 Å². The molecule has 1 fully saturated rings. The summed E-state index contributed by atoms with van der Waals surface area (Å²) in [6, 6.07) is 24.1. The van der Waals surface area contributed by atoms with Gasteiger partial charge < -0.3 is 19.8 Å². The summed E-state index contributed by atoms with van der Waals surface area (Å²) in [6.07, 6.45) is 2.87. The van der Waals surface area contributed by atoms with Crippen molar-refractivity contribution in [3.05, 3.63) is 107 Å². The monoisotopic (exact) mass is 490 g/mol.